The van der Waals surface area contributed by atoms with Gasteiger partial charge in [-0.2, -0.15) is 0 Å². The molecule has 0 bridgehead atoms. The predicted molar refractivity (Wildman–Crippen MR) is 68.8 cm³/mol. The number of ether oxygens (including phenoxy) is 1. The zero-order valence-electron chi connectivity index (χ0n) is 11.3. The van der Waals surface area contributed by atoms with Crippen molar-refractivity contribution >= 4 is 0 Å². The summed E-state index contributed by atoms with van der Waals surface area (Å²) in [6, 6.07) is 1.19. The molecule has 0 amide bonds. The third-order valence-corrected chi connectivity index (χ3v) is 3.56. The standard InChI is InChI=1S/C13H28N2O/c1-5-8-14-13(10-16-4)9-15(3)11(2)12-6-7-12/h11-14H,5-10H2,1-4H3. The summed E-state index contributed by atoms with van der Waals surface area (Å²) in [4.78, 5) is 2.48. The molecule has 0 heterocycles. The Morgan fingerprint density at radius 1 is 1.44 bits per heavy atom. The Morgan fingerprint density at radius 2 is 2.12 bits per heavy atom. The number of likely N-dealkylation sites (N-methyl/N-ethyl adjacent to an activating group) is 1. The van der Waals surface area contributed by atoms with E-state index in [1.807, 2.05) is 0 Å². The maximum Gasteiger partial charge on any atom is 0.0628 e. The molecule has 0 aliphatic heterocycles. The second-order valence-electron chi connectivity index (χ2n) is 5.12. The summed E-state index contributed by atoms with van der Waals surface area (Å²) in [5.41, 5.74) is 0. The van der Waals surface area contributed by atoms with Crippen LogP contribution in [0.15, 0.2) is 0 Å². The number of hydrogen-bond acceptors (Lipinski definition) is 3. The lowest BCUT2D eigenvalue weighted by Crippen LogP contribution is -2.45. The quantitative estimate of drug-likeness (QED) is 0.650. The fourth-order valence-electron chi connectivity index (χ4n) is 2.18. The first-order valence-electron chi connectivity index (χ1n) is 6.61. The molecule has 2 unspecified atom stereocenters. The largest absolute Gasteiger partial charge is 0.383 e. The molecule has 96 valence electrons. The lowest BCUT2D eigenvalue weighted by atomic mass is 10.1. The van der Waals surface area contributed by atoms with E-state index in [9.17, 15) is 0 Å². The molecular formula is C13H28N2O. The molecule has 2 atom stereocenters. The van der Waals surface area contributed by atoms with Crippen LogP contribution in [0.3, 0.4) is 0 Å². The van der Waals surface area contributed by atoms with Gasteiger partial charge in [0.25, 0.3) is 0 Å². The van der Waals surface area contributed by atoms with Crippen LogP contribution in [-0.4, -0.2) is 50.8 Å². The molecule has 1 saturated carbocycles. The van der Waals surface area contributed by atoms with E-state index in [1.165, 1.54) is 19.3 Å². The summed E-state index contributed by atoms with van der Waals surface area (Å²) in [6.07, 6.45) is 4.02. The van der Waals surface area contributed by atoms with Crippen LogP contribution in [0, 0.1) is 5.92 Å². The molecule has 0 radical (unpaired) electrons. The van der Waals surface area contributed by atoms with E-state index in [1.54, 1.807) is 7.11 Å². The highest BCUT2D eigenvalue weighted by atomic mass is 16.5. The van der Waals surface area contributed by atoms with E-state index in [0.717, 1.165) is 31.7 Å². The molecule has 0 aromatic heterocycles. The van der Waals surface area contributed by atoms with E-state index in [2.05, 4.69) is 31.1 Å². The third kappa shape index (κ3) is 4.81. The van der Waals surface area contributed by atoms with Gasteiger partial charge in [0.15, 0.2) is 0 Å². The molecule has 0 aromatic carbocycles. The van der Waals surface area contributed by atoms with E-state index in [0.29, 0.717) is 6.04 Å². The highest BCUT2D eigenvalue weighted by Crippen LogP contribution is 2.34. The molecule has 1 rings (SSSR count). The fourth-order valence-corrected chi connectivity index (χ4v) is 2.18. The van der Waals surface area contributed by atoms with Crippen LogP contribution in [0.5, 0.6) is 0 Å². The molecule has 16 heavy (non-hydrogen) atoms. The van der Waals surface area contributed by atoms with Crippen molar-refractivity contribution in [1.29, 1.82) is 0 Å². The Balaban J connectivity index is 2.27. The van der Waals surface area contributed by atoms with E-state index < -0.39 is 0 Å². The molecule has 1 fully saturated rings. The van der Waals surface area contributed by atoms with Gasteiger partial charge in [-0.15, -0.1) is 0 Å². The number of hydrogen-bond donors (Lipinski definition) is 1. The Labute approximate surface area is 101 Å². The minimum atomic E-state index is 0.469. The second kappa shape index (κ2) is 7.25. The summed E-state index contributed by atoms with van der Waals surface area (Å²) in [5, 5.41) is 3.55. The highest BCUT2D eigenvalue weighted by molar-refractivity contribution is 4.85. The Bertz CT molecular complexity index is 183. The monoisotopic (exact) mass is 228 g/mol. The van der Waals surface area contributed by atoms with Crippen LogP contribution in [0.25, 0.3) is 0 Å². The summed E-state index contributed by atoms with van der Waals surface area (Å²) in [7, 11) is 4.02. The maximum absolute atomic E-state index is 5.27. The summed E-state index contributed by atoms with van der Waals surface area (Å²) in [6.45, 7) is 7.53. The van der Waals surface area contributed by atoms with E-state index in [4.69, 9.17) is 4.74 Å². The van der Waals surface area contributed by atoms with Gasteiger partial charge in [-0.3, -0.25) is 0 Å². The van der Waals surface area contributed by atoms with Crippen molar-refractivity contribution in [1.82, 2.24) is 10.2 Å². The van der Waals surface area contributed by atoms with Crippen LogP contribution in [0.1, 0.15) is 33.1 Å². The molecule has 0 spiro atoms. The lowest BCUT2D eigenvalue weighted by Gasteiger charge is -2.29. The van der Waals surface area contributed by atoms with Crippen LogP contribution in [0.2, 0.25) is 0 Å². The van der Waals surface area contributed by atoms with Crippen molar-refractivity contribution in [2.45, 2.75) is 45.2 Å². The molecule has 0 aromatic rings. The van der Waals surface area contributed by atoms with Gasteiger partial charge in [-0.1, -0.05) is 6.92 Å². The van der Waals surface area contributed by atoms with E-state index in [-0.39, 0.29) is 0 Å². The minimum Gasteiger partial charge on any atom is -0.383 e. The number of rotatable bonds is 9. The molecule has 1 aliphatic rings. The first-order chi connectivity index (χ1) is 7.69. The zero-order chi connectivity index (χ0) is 12.0. The maximum atomic E-state index is 5.27. The van der Waals surface area contributed by atoms with Crippen molar-refractivity contribution in [3.05, 3.63) is 0 Å². The third-order valence-electron chi connectivity index (χ3n) is 3.56. The highest BCUT2D eigenvalue weighted by Gasteiger charge is 2.31. The second-order valence-corrected chi connectivity index (χ2v) is 5.12. The van der Waals surface area contributed by atoms with Gasteiger partial charge in [0.05, 0.1) is 6.61 Å². The molecule has 0 saturated heterocycles. The van der Waals surface area contributed by atoms with Crippen molar-refractivity contribution in [2.75, 3.05) is 33.9 Å². The van der Waals surface area contributed by atoms with Crippen molar-refractivity contribution < 1.29 is 4.74 Å². The average molecular weight is 228 g/mol. The van der Waals surface area contributed by atoms with Crippen molar-refractivity contribution in [3.63, 3.8) is 0 Å². The number of nitrogens with zero attached hydrogens (tertiary/aromatic N) is 1. The topological polar surface area (TPSA) is 24.5 Å². The van der Waals surface area contributed by atoms with E-state index >= 15 is 0 Å². The summed E-state index contributed by atoms with van der Waals surface area (Å²) in [5.74, 6) is 0.944. The van der Waals surface area contributed by atoms with Gasteiger partial charge in [-0.05, 0) is 45.7 Å². The fraction of sp³-hybridized carbons (Fsp3) is 1.00. The SMILES string of the molecule is CCCNC(COC)CN(C)C(C)C1CC1. The minimum absolute atomic E-state index is 0.469. The zero-order valence-corrected chi connectivity index (χ0v) is 11.3. The summed E-state index contributed by atoms with van der Waals surface area (Å²) >= 11 is 0. The van der Waals surface area contributed by atoms with Gasteiger partial charge in [0.1, 0.15) is 0 Å². The van der Waals surface area contributed by atoms with Gasteiger partial charge in [-0.25, -0.2) is 0 Å². The first-order valence-corrected chi connectivity index (χ1v) is 6.61. The molecule has 3 nitrogen and oxygen atoms in total. The first kappa shape index (κ1) is 13.9. The van der Waals surface area contributed by atoms with Gasteiger partial charge in [0.2, 0.25) is 0 Å². The van der Waals surface area contributed by atoms with Crippen molar-refractivity contribution in [3.8, 4) is 0 Å². The Kier molecular flexibility index (Phi) is 6.32. The Hall–Kier alpha value is -0.120. The predicted octanol–water partition coefficient (Wildman–Crippen LogP) is 1.73. The normalized spacial score (nSPS) is 20.1. The van der Waals surface area contributed by atoms with Crippen LogP contribution >= 0.6 is 0 Å². The average Bonchev–Trinajstić information content (AvgIpc) is 3.08. The van der Waals surface area contributed by atoms with Gasteiger partial charge < -0.3 is 15.0 Å². The van der Waals surface area contributed by atoms with Crippen molar-refractivity contribution in [2.24, 2.45) is 5.92 Å². The summed E-state index contributed by atoms with van der Waals surface area (Å²) < 4.78 is 5.27. The van der Waals surface area contributed by atoms with Gasteiger partial charge >= 0.3 is 0 Å². The molecule has 3 heteroatoms. The molecular weight excluding hydrogens is 200 g/mol. The Morgan fingerprint density at radius 3 is 2.62 bits per heavy atom. The molecule has 1 N–H and O–H groups in total. The lowest BCUT2D eigenvalue weighted by molar-refractivity contribution is 0.130. The number of nitrogens with one attached hydrogen (secondary N) is 1. The van der Waals surface area contributed by atoms with Gasteiger partial charge in [0, 0.05) is 25.7 Å². The number of methoxy groups -OCH3 is 1. The van der Waals surface area contributed by atoms with Crippen LogP contribution in [-0.2, 0) is 4.74 Å². The smallest absolute Gasteiger partial charge is 0.0628 e. The molecule has 1 aliphatic carbocycles. The van der Waals surface area contributed by atoms with Crippen LogP contribution < -0.4 is 5.32 Å². The van der Waals surface area contributed by atoms with Crippen LogP contribution in [0.4, 0.5) is 0 Å².